The van der Waals surface area contributed by atoms with Gasteiger partial charge in [0, 0.05) is 6.54 Å². The minimum atomic E-state index is -5.45. The van der Waals surface area contributed by atoms with E-state index in [2.05, 4.69) is 4.74 Å². The summed E-state index contributed by atoms with van der Waals surface area (Å²) < 4.78 is 78.3. The van der Waals surface area contributed by atoms with Gasteiger partial charge in [-0.25, -0.2) is 4.79 Å². The van der Waals surface area contributed by atoms with Crippen LogP contribution >= 0.6 is 0 Å². The van der Waals surface area contributed by atoms with Gasteiger partial charge in [-0.1, -0.05) is 0 Å². The number of carbonyl (C=O) groups is 3. The predicted molar refractivity (Wildman–Crippen MR) is 75.7 cm³/mol. The molecule has 2 amide bonds. The van der Waals surface area contributed by atoms with Gasteiger partial charge in [0.15, 0.2) is 6.10 Å². The first-order valence-electron chi connectivity index (χ1n) is 7.44. The van der Waals surface area contributed by atoms with Crippen molar-refractivity contribution in [2.24, 2.45) is 0 Å². The Hall–Kier alpha value is -2.59. The Bertz CT molecular complexity index is 679. The van der Waals surface area contributed by atoms with Crippen LogP contribution in [0.4, 0.5) is 26.3 Å². The monoisotopic (exact) mass is 440 g/mol. The quantitative estimate of drug-likeness (QED) is 0.262. The lowest BCUT2D eigenvalue weighted by Gasteiger charge is -2.38. The first kappa shape index (κ1) is 24.4. The number of aliphatic carboxylic acids is 1. The zero-order chi connectivity index (χ0) is 22.7. The summed E-state index contributed by atoms with van der Waals surface area (Å²) in [6.45, 7) is -1.28. The highest BCUT2D eigenvalue weighted by atomic mass is 19.4. The van der Waals surface area contributed by atoms with Gasteiger partial charge in [0.05, 0.1) is 6.04 Å². The molecule has 0 fully saturated rings. The SMILES string of the molecule is O=C(O)C1=C[C@H](O)[C@@H](NC(=O)C(F)(F)F)[C@H]([C@H](O)[C@H](O)CNC(=O)C(F)(F)F)O1. The number of carbonyl (C=O) groups excluding carboxylic acids is 2. The number of aliphatic hydroxyl groups is 3. The first-order chi connectivity index (χ1) is 13.1. The minimum absolute atomic E-state index is 0.394. The molecule has 16 heteroatoms. The molecule has 1 rings (SSSR count). The molecule has 0 spiro atoms. The molecule has 0 aromatic rings. The Kier molecular flexibility index (Phi) is 7.44. The number of aliphatic hydroxyl groups excluding tert-OH is 3. The molecule has 29 heavy (non-hydrogen) atoms. The molecule has 6 N–H and O–H groups in total. The summed E-state index contributed by atoms with van der Waals surface area (Å²) in [5.41, 5.74) is 0. The number of carboxylic acid groups (broad SMARTS) is 1. The maximum atomic E-state index is 12.4. The Morgan fingerprint density at radius 3 is 2.03 bits per heavy atom. The van der Waals surface area contributed by atoms with Crippen molar-refractivity contribution in [3.8, 4) is 0 Å². The summed E-state index contributed by atoms with van der Waals surface area (Å²) in [6, 6.07) is -2.16. The summed E-state index contributed by atoms with van der Waals surface area (Å²) in [6.07, 6.45) is -19.6. The van der Waals surface area contributed by atoms with E-state index in [-0.39, 0.29) is 0 Å². The Labute approximate surface area is 156 Å². The molecule has 1 heterocycles. The van der Waals surface area contributed by atoms with Crippen molar-refractivity contribution >= 4 is 17.8 Å². The molecule has 1 aliphatic heterocycles. The fourth-order valence-electron chi connectivity index (χ4n) is 2.15. The molecule has 0 saturated heterocycles. The number of alkyl halides is 6. The summed E-state index contributed by atoms with van der Waals surface area (Å²) >= 11 is 0. The van der Waals surface area contributed by atoms with Crippen LogP contribution in [0.5, 0.6) is 0 Å². The van der Waals surface area contributed by atoms with E-state index in [4.69, 9.17) is 5.11 Å². The van der Waals surface area contributed by atoms with Gasteiger partial charge < -0.3 is 35.8 Å². The number of nitrogens with one attached hydrogen (secondary N) is 2. The standard InChI is InChI=1S/C13H14F6N2O8/c14-12(15,16)10(27)20-2-4(23)7(24)8-6(21-11(28)13(17,18)19)3(22)1-5(29-8)9(25)26/h1,3-4,6-8,22-24H,2H2,(H,20,27)(H,21,28)(H,25,26)/t3-,4+,6+,7+,8+/m0/s1. The van der Waals surface area contributed by atoms with Crippen LogP contribution in [0.1, 0.15) is 0 Å². The molecule has 1 aliphatic rings. The van der Waals surface area contributed by atoms with Crippen LogP contribution in [-0.4, -0.2) is 87.6 Å². The average Bonchev–Trinajstić information content (AvgIpc) is 2.57. The lowest BCUT2D eigenvalue weighted by Crippen LogP contribution is -2.62. The van der Waals surface area contributed by atoms with Crippen molar-refractivity contribution in [3.05, 3.63) is 11.8 Å². The topological polar surface area (TPSA) is 165 Å². The molecular formula is C13H14F6N2O8. The molecule has 0 radical (unpaired) electrons. The number of rotatable bonds is 6. The van der Waals surface area contributed by atoms with Crippen LogP contribution in [0, 0.1) is 0 Å². The maximum absolute atomic E-state index is 12.4. The van der Waals surface area contributed by atoms with E-state index in [0.29, 0.717) is 6.08 Å². The summed E-state index contributed by atoms with van der Waals surface area (Å²) in [7, 11) is 0. The van der Waals surface area contributed by atoms with E-state index in [1.54, 1.807) is 0 Å². The Morgan fingerprint density at radius 1 is 1.07 bits per heavy atom. The van der Waals surface area contributed by atoms with E-state index < -0.39 is 72.9 Å². The number of carboxylic acids is 1. The number of amides is 2. The lowest BCUT2D eigenvalue weighted by molar-refractivity contribution is -0.179. The molecule has 0 aliphatic carbocycles. The van der Waals surface area contributed by atoms with E-state index in [9.17, 15) is 56.0 Å². The molecule has 0 saturated carbocycles. The lowest BCUT2D eigenvalue weighted by atomic mass is 9.93. The van der Waals surface area contributed by atoms with Gasteiger partial charge >= 0.3 is 30.1 Å². The van der Waals surface area contributed by atoms with Crippen LogP contribution in [0.2, 0.25) is 0 Å². The van der Waals surface area contributed by atoms with Crippen LogP contribution in [-0.2, 0) is 19.1 Å². The van der Waals surface area contributed by atoms with E-state index in [1.807, 2.05) is 0 Å². The van der Waals surface area contributed by atoms with Gasteiger partial charge in [-0.15, -0.1) is 0 Å². The second-order valence-electron chi connectivity index (χ2n) is 5.67. The third-order valence-corrected chi connectivity index (χ3v) is 3.53. The third kappa shape index (κ3) is 6.47. The van der Waals surface area contributed by atoms with E-state index >= 15 is 0 Å². The highest BCUT2D eigenvalue weighted by Crippen LogP contribution is 2.25. The molecule has 0 unspecified atom stereocenters. The van der Waals surface area contributed by atoms with Crippen molar-refractivity contribution in [1.29, 1.82) is 0 Å². The van der Waals surface area contributed by atoms with Crippen LogP contribution in [0.25, 0.3) is 0 Å². The number of hydrogen-bond donors (Lipinski definition) is 6. The largest absolute Gasteiger partial charge is 0.478 e. The van der Waals surface area contributed by atoms with Crippen molar-refractivity contribution in [3.63, 3.8) is 0 Å². The van der Waals surface area contributed by atoms with Gasteiger partial charge in [0.25, 0.3) is 0 Å². The Balaban J connectivity index is 3.03. The van der Waals surface area contributed by atoms with Crippen LogP contribution < -0.4 is 10.6 Å². The van der Waals surface area contributed by atoms with Gasteiger partial charge in [-0.3, -0.25) is 9.59 Å². The zero-order valence-electron chi connectivity index (χ0n) is 13.9. The zero-order valence-corrected chi connectivity index (χ0v) is 13.9. The van der Waals surface area contributed by atoms with Crippen molar-refractivity contribution in [2.75, 3.05) is 6.54 Å². The highest BCUT2D eigenvalue weighted by molar-refractivity contribution is 5.85. The smallest absolute Gasteiger partial charge is 0.471 e. The molecule has 0 aromatic carbocycles. The minimum Gasteiger partial charge on any atom is -0.478 e. The van der Waals surface area contributed by atoms with Crippen molar-refractivity contribution in [2.45, 2.75) is 42.8 Å². The third-order valence-electron chi connectivity index (χ3n) is 3.53. The second kappa shape index (κ2) is 8.83. The molecule has 5 atom stereocenters. The summed E-state index contributed by atoms with van der Waals surface area (Å²) in [5.74, 6) is -8.05. The van der Waals surface area contributed by atoms with E-state index in [0.717, 1.165) is 0 Å². The summed E-state index contributed by atoms with van der Waals surface area (Å²) in [5, 5.41) is 40.8. The highest BCUT2D eigenvalue weighted by Gasteiger charge is 2.48. The van der Waals surface area contributed by atoms with E-state index in [1.165, 1.54) is 10.6 Å². The van der Waals surface area contributed by atoms with Gasteiger partial charge in [0.2, 0.25) is 5.76 Å². The van der Waals surface area contributed by atoms with Gasteiger partial charge in [0.1, 0.15) is 18.3 Å². The first-order valence-corrected chi connectivity index (χ1v) is 7.44. The van der Waals surface area contributed by atoms with Crippen molar-refractivity contribution < 1.29 is 65.9 Å². The van der Waals surface area contributed by atoms with Gasteiger partial charge in [-0.05, 0) is 6.08 Å². The number of hydrogen-bond acceptors (Lipinski definition) is 7. The van der Waals surface area contributed by atoms with Crippen LogP contribution in [0.15, 0.2) is 11.8 Å². The maximum Gasteiger partial charge on any atom is 0.471 e. The fourth-order valence-corrected chi connectivity index (χ4v) is 2.15. The molecule has 0 bridgehead atoms. The number of halogens is 6. The van der Waals surface area contributed by atoms with Gasteiger partial charge in [-0.2, -0.15) is 26.3 Å². The molecule has 0 aromatic heterocycles. The predicted octanol–water partition coefficient (Wildman–Crippen LogP) is -1.84. The summed E-state index contributed by atoms with van der Waals surface area (Å²) in [4.78, 5) is 32.8. The van der Waals surface area contributed by atoms with Crippen LogP contribution in [0.3, 0.4) is 0 Å². The second-order valence-corrected chi connectivity index (χ2v) is 5.67. The fraction of sp³-hybridized carbons (Fsp3) is 0.615. The van der Waals surface area contributed by atoms with Crippen molar-refractivity contribution in [1.82, 2.24) is 10.6 Å². The molecule has 10 nitrogen and oxygen atoms in total. The average molecular weight is 440 g/mol. The molecule has 166 valence electrons. The molecular weight excluding hydrogens is 426 g/mol. The number of ether oxygens (including phenoxy) is 1. The normalized spacial score (nSPS) is 24.6. The Morgan fingerprint density at radius 2 is 1.59 bits per heavy atom.